The normalized spacial score (nSPS) is 17.8. The lowest BCUT2D eigenvalue weighted by atomic mass is 10.1. The fourth-order valence-corrected chi connectivity index (χ4v) is 6.18. The van der Waals surface area contributed by atoms with Crippen LogP contribution in [0.4, 0.5) is 11.4 Å². The number of anilines is 1. The second kappa shape index (κ2) is 11.6. The van der Waals surface area contributed by atoms with Crippen LogP contribution in [0, 0.1) is 0 Å². The summed E-state index contributed by atoms with van der Waals surface area (Å²) in [6.45, 7) is 2.46. The summed E-state index contributed by atoms with van der Waals surface area (Å²) in [5.41, 5.74) is 2.73. The summed E-state index contributed by atoms with van der Waals surface area (Å²) in [6.07, 6.45) is 0.340. The van der Waals surface area contributed by atoms with Crippen LogP contribution in [0.3, 0.4) is 0 Å². The van der Waals surface area contributed by atoms with Crippen LogP contribution in [0.25, 0.3) is 0 Å². The van der Waals surface area contributed by atoms with Gasteiger partial charge in [-0.1, -0.05) is 36.9 Å². The highest BCUT2D eigenvalue weighted by Gasteiger charge is 2.43. The molecule has 3 amide bonds. The highest BCUT2D eigenvalue weighted by Crippen LogP contribution is 2.37. The van der Waals surface area contributed by atoms with E-state index in [9.17, 15) is 14.4 Å². The van der Waals surface area contributed by atoms with Crippen molar-refractivity contribution < 1.29 is 33.3 Å². The number of ether oxygens (including phenoxy) is 4. The van der Waals surface area contributed by atoms with Gasteiger partial charge in [-0.3, -0.25) is 19.4 Å². The Kier molecular flexibility index (Phi) is 7.30. The Morgan fingerprint density at radius 1 is 0.977 bits per heavy atom. The van der Waals surface area contributed by atoms with Gasteiger partial charge in [0.05, 0.1) is 17.4 Å². The number of rotatable bonds is 8. The van der Waals surface area contributed by atoms with E-state index in [1.165, 1.54) is 16.7 Å². The minimum Gasteiger partial charge on any atom is -0.454 e. The van der Waals surface area contributed by atoms with Crippen molar-refractivity contribution >= 4 is 51.9 Å². The van der Waals surface area contributed by atoms with E-state index in [0.717, 1.165) is 5.56 Å². The first-order chi connectivity index (χ1) is 21.5. The van der Waals surface area contributed by atoms with E-state index in [2.05, 4.69) is 15.6 Å². The van der Waals surface area contributed by atoms with Crippen LogP contribution in [0.15, 0.2) is 70.6 Å². The van der Waals surface area contributed by atoms with Gasteiger partial charge in [-0.2, -0.15) is 0 Å². The molecule has 2 N–H and O–H groups in total. The van der Waals surface area contributed by atoms with E-state index >= 15 is 0 Å². The molecule has 0 saturated heterocycles. The maximum Gasteiger partial charge on any atom is 0.259 e. The zero-order chi connectivity index (χ0) is 30.2. The Bertz CT molecular complexity index is 1740. The number of amidine groups is 2. The van der Waals surface area contributed by atoms with Gasteiger partial charge in [0.25, 0.3) is 5.91 Å². The fourth-order valence-electron chi connectivity index (χ4n) is 5.16. The van der Waals surface area contributed by atoms with Crippen LogP contribution < -0.4 is 29.6 Å². The van der Waals surface area contributed by atoms with Crippen molar-refractivity contribution in [2.24, 2.45) is 9.98 Å². The first-order valence-electron chi connectivity index (χ1n) is 14.1. The van der Waals surface area contributed by atoms with Crippen LogP contribution in [0.2, 0.25) is 0 Å². The number of hydrogen-bond donors (Lipinski definition) is 2. The van der Waals surface area contributed by atoms with Crippen LogP contribution in [0.1, 0.15) is 30.9 Å². The summed E-state index contributed by atoms with van der Waals surface area (Å²) >= 11 is 1.18. The van der Waals surface area contributed by atoms with E-state index in [1.54, 1.807) is 24.3 Å². The lowest BCUT2D eigenvalue weighted by Gasteiger charge is -2.27. The molecule has 0 fully saturated rings. The predicted molar refractivity (Wildman–Crippen MR) is 163 cm³/mol. The molecule has 0 unspecified atom stereocenters. The molecule has 0 bridgehead atoms. The Labute approximate surface area is 256 Å². The number of benzene rings is 3. The van der Waals surface area contributed by atoms with Gasteiger partial charge in [0, 0.05) is 23.9 Å². The quantitative estimate of drug-likeness (QED) is 0.389. The Hall–Kier alpha value is -5.04. The van der Waals surface area contributed by atoms with Gasteiger partial charge in [0.1, 0.15) is 11.9 Å². The number of carbonyl (C=O) groups is 3. The summed E-state index contributed by atoms with van der Waals surface area (Å²) in [5.74, 6) is 1.95. The summed E-state index contributed by atoms with van der Waals surface area (Å²) in [4.78, 5) is 50.8. The SMILES string of the molecule is CC[C@@H](SC1=Nc2ccccc2C2=N[C@@H](CC(=O)NCc3ccc4c(c3)OCO4)C(=O)N12)C(=O)Nc1ccc2c(c1)OCO2. The molecule has 0 spiro atoms. The van der Waals surface area contributed by atoms with Gasteiger partial charge in [0.15, 0.2) is 28.2 Å². The van der Waals surface area contributed by atoms with Gasteiger partial charge in [0.2, 0.25) is 25.4 Å². The first kappa shape index (κ1) is 27.8. The molecule has 0 radical (unpaired) electrons. The molecule has 44 heavy (non-hydrogen) atoms. The third-order valence-corrected chi connectivity index (χ3v) is 8.72. The summed E-state index contributed by atoms with van der Waals surface area (Å²) in [7, 11) is 0. The van der Waals surface area contributed by atoms with Crippen molar-refractivity contribution in [2.45, 2.75) is 37.6 Å². The minimum absolute atomic E-state index is 0.134. The van der Waals surface area contributed by atoms with Crippen molar-refractivity contribution in [1.29, 1.82) is 0 Å². The molecule has 0 aliphatic carbocycles. The number of carbonyl (C=O) groups excluding carboxylic acids is 3. The van der Waals surface area contributed by atoms with Crippen LogP contribution >= 0.6 is 11.8 Å². The van der Waals surface area contributed by atoms with Crippen molar-refractivity contribution in [3.8, 4) is 23.0 Å². The average Bonchev–Trinajstić information content (AvgIpc) is 3.77. The smallest absolute Gasteiger partial charge is 0.259 e. The average molecular weight is 614 g/mol. The van der Waals surface area contributed by atoms with Gasteiger partial charge < -0.3 is 29.6 Å². The number of para-hydroxylation sites is 1. The molecular formula is C31H27N5O7S. The van der Waals surface area contributed by atoms with E-state index in [4.69, 9.17) is 23.9 Å². The monoisotopic (exact) mass is 613 g/mol. The summed E-state index contributed by atoms with van der Waals surface area (Å²) in [5, 5.41) is 5.56. The fraction of sp³-hybridized carbons (Fsp3) is 0.258. The predicted octanol–water partition coefficient (Wildman–Crippen LogP) is 3.96. The molecule has 3 aromatic rings. The van der Waals surface area contributed by atoms with Gasteiger partial charge in [-0.25, -0.2) is 9.89 Å². The van der Waals surface area contributed by atoms with E-state index in [0.29, 0.717) is 57.4 Å². The molecule has 7 rings (SSSR count). The summed E-state index contributed by atoms with van der Waals surface area (Å²) in [6, 6.07) is 17.1. The molecule has 224 valence electrons. The van der Waals surface area contributed by atoms with Crippen molar-refractivity contribution in [3.63, 3.8) is 0 Å². The first-order valence-corrected chi connectivity index (χ1v) is 15.0. The maximum absolute atomic E-state index is 13.7. The number of aliphatic imine (C=N–C) groups is 2. The molecule has 4 aliphatic rings. The largest absolute Gasteiger partial charge is 0.454 e. The zero-order valence-corrected chi connectivity index (χ0v) is 24.4. The number of fused-ring (bicyclic) bond motifs is 5. The Morgan fingerprint density at radius 3 is 2.50 bits per heavy atom. The Morgan fingerprint density at radius 2 is 1.70 bits per heavy atom. The third-order valence-electron chi connectivity index (χ3n) is 7.40. The topological polar surface area (TPSA) is 140 Å². The van der Waals surface area contributed by atoms with Crippen LogP contribution in [-0.2, 0) is 20.9 Å². The highest BCUT2D eigenvalue weighted by molar-refractivity contribution is 8.15. The van der Waals surface area contributed by atoms with E-state index in [-0.39, 0.29) is 44.3 Å². The molecule has 3 aromatic carbocycles. The number of amides is 3. The second-order valence-corrected chi connectivity index (χ2v) is 11.5. The van der Waals surface area contributed by atoms with Crippen LogP contribution in [0.5, 0.6) is 23.0 Å². The molecule has 2 atom stereocenters. The van der Waals surface area contributed by atoms with Crippen LogP contribution in [-0.4, -0.2) is 58.5 Å². The van der Waals surface area contributed by atoms with Crippen molar-refractivity contribution in [3.05, 3.63) is 71.8 Å². The van der Waals surface area contributed by atoms with Crippen molar-refractivity contribution in [2.75, 3.05) is 18.9 Å². The highest BCUT2D eigenvalue weighted by atomic mass is 32.2. The van der Waals surface area contributed by atoms with E-state index in [1.807, 2.05) is 43.3 Å². The van der Waals surface area contributed by atoms with Gasteiger partial charge in [-0.15, -0.1) is 0 Å². The zero-order valence-electron chi connectivity index (χ0n) is 23.6. The number of nitrogens with zero attached hydrogens (tertiary/aromatic N) is 3. The minimum atomic E-state index is -0.929. The molecule has 0 saturated carbocycles. The molecule has 12 nitrogen and oxygen atoms in total. The molecule has 4 heterocycles. The second-order valence-electron chi connectivity index (χ2n) is 10.3. The molecule has 4 aliphatic heterocycles. The van der Waals surface area contributed by atoms with Crippen molar-refractivity contribution in [1.82, 2.24) is 10.2 Å². The lowest BCUT2D eigenvalue weighted by Crippen LogP contribution is -2.43. The van der Waals surface area contributed by atoms with Gasteiger partial charge in [-0.05, 0) is 48.4 Å². The number of thioether (sulfide) groups is 1. The molecular weight excluding hydrogens is 586 g/mol. The Balaban J connectivity index is 1.05. The lowest BCUT2D eigenvalue weighted by molar-refractivity contribution is -0.128. The standard InChI is InChI=1S/C31H27N5O7S/c1-2-26(29(38)33-18-8-10-23-25(12-18)43-16-41-23)44-31-35-20-6-4-3-5-19(20)28-34-21(30(39)36(28)31)13-27(37)32-14-17-7-9-22-24(11-17)42-15-40-22/h3-12,21,26H,2,13-16H2,1H3,(H,32,37)(H,33,38)/t21-,26+/m0/s1. The molecule has 0 aromatic heterocycles. The molecule has 13 heteroatoms. The third kappa shape index (κ3) is 5.30. The maximum atomic E-state index is 13.7. The number of nitrogens with one attached hydrogen (secondary N) is 2. The summed E-state index contributed by atoms with van der Waals surface area (Å²) < 4.78 is 21.5. The van der Waals surface area contributed by atoms with E-state index < -0.39 is 11.3 Å². The number of hydrogen-bond acceptors (Lipinski definition) is 10. The van der Waals surface area contributed by atoms with Gasteiger partial charge >= 0.3 is 0 Å².